The fourth-order valence-corrected chi connectivity index (χ4v) is 4.14. The van der Waals surface area contributed by atoms with E-state index in [1.54, 1.807) is 0 Å². The molecule has 0 saturated carbocycles. The Balaban J connectivity index is 2.00. The lowest BCUT2D eigenvalue weighted by Crippen LogP contribution is -2.55. The molecule has 1 amide bonds. The van der Waals surface area contributed by atoms with Crippen molar-refractivity contribution >= 4 is 20.2 Å². The minimum absolute atomic E-state index is 0.0110. The van der Waals surface area contributed by atoms with Gasteiger partial charge in [0.15, 0.2) is 8.32 Å². The van der Waals surface area contributed by atoms with E-state index in [2.05, 4.69) is 39.2 Å². The minimum Gasteiger partial charge on any atom is -0.508 e. The molecule has 2 atom stereocenters. The van der Waals surface area contributed by atoms with Crippen LogP contribution in [0.15, 0.2) is 30.0 Å². The molecule has 0 unspecified atom stereocenters. The van der Waals surface area contributed by atoms with Crippen LogP contribution in [0.5, 0.6) is 11.5 Å². The first-order valence-electron chi connectivity index (χ1n) is 9.19. The third kappa shape index (κ3) is 5.14. The van der Waals surface area contributed by atoms with Crippen LogP contribution in [0.1, 0.15) is 33.3 Å². The van der Waals surface area contributed by atoms with Crippen LogP contribution in [0.2, 0.25) is 18.1 Å². The van der Waals surface area contributed by atoms with Crippen molar-refractivity contribution in [2.75, 3.05) is 0 Å². The lowest BCUT2D eigenvalue weighted by molar-refractivity contribution is -0.139. The van der Waals surface area contributed by atoms with E-state index in [0.29, 0.717) is 11.3 Å². The number of nitrogens with one attached hydrogen (secondary N) is 1. The SMILES string of the molecule is C[C@@H](O[Si](C)(C)C(C)(C)C)[C@H]1C(=O)N/C1=C\C(=O)OCc1cc(O)cc(O)c1. The van der Waals surface area contributed by atoms with Gasteiger partial charge in [-0.25, -0.2) is 4.79 Å². The summed E-state index contributed by atoms with van der Waals surface area (Å²) in [5.41, 5.74) is 0.924. The summed E-state index contributed by atoms with van der Waals surface area (Å²) in [4.78, 5) is 24.1. The van der Waals surface area contributed by atoms with Crippen LogP contribution < -0.4 is 5.32 Å². The zero-order valence-corrected chi connectivity index (χ0v) is 18.2. The maximum atomic E-state index is 12.1. The molecule has 1 aliphatic rings. The van der Waals surface area contributed by atoms with E-state index in [0.717, 1.165) is 0 Å². The van der Waals surface area contributed by atoms with Gasteiger partial charge in [-0.2, -0.15) is 0 Å². The Bertz CT molecular complexity index is 776. The summed E-state index contributed by atoms with van der Waals surface area (Å²) in [6, 6.07) is 3.97. The van der Waals surface area contributed by atoms with Crippen LogP contribution in [0.3, 0.4) is 0 Å². The van der Waals surface area contributed by atoms with Crippen LogP contribution in [-0.4, -0.2) is 36.5 Å². The summed E-state index contributed by atoms with van der Waals surface area (Å²) in [7, 11) is -2.05. The Morgan fingerprint density at radius 2 is 1.82 bits per heavy atom. The van der Waals surface area contributed by atoms with Crippen molar-refractivity contribution < 1.29 is 29.0 Å². The molecule has 28 heavy (non-hydrogen) atoms. The molecule has 3 N–H and O–H groups in total. The Labute approximate surface area is 166 Å². The Morgan fingerprint density at radius 3 is 2.32 bits per heavy atom. The molecule has 2 rings (SSSR count). The van der Waals surface area contributed by atoms with Gasteiger partial charge in [-0.15, -0.1) is 0 Å². The second-order valence-electron chi connectivity index (χ2n) is 8.62. The highest BCUT2D eigenvalue weighted by Crippen LogP contribution is 2.39. The number of rotatable bonds is 6. The van der Waals surface area contributed by atoms with Crippen LogP contribution in [-0.2, 0) is 25.4 Å². The third-order valence-corrected chi connectivity index (χ3v) is 9.83. The summed E-state index contributed by atoms with van der Waals surface area (Å²) < 4.78 is 11.4. The Kier molecular flexibility index (Phi) is 6.25. The number of phenolic OH excluding ortho intramolecular Hbond substituents is 2. The molecule has 1 aromatic rings. The van der Waals surface area contributed by atoms with Gasteiger partial charge < -0.3 is 24.7 Å². The number of ether oxygens (including phenoxy) is 1. The number of amides is 1. The standard InChI is InChI=1S/C20H29NO6Si/c1-12(27-28(5,6)20(2,3)4)18-16(21-19(18)25)10-17(24)26-11-13-7-14(22)9-15(23)8-13/h7-10,12,18,22-23H,11H2,1-6H3,(H,21,25)/b16-10-/t12-,18-/m1/s1. The fourth-order valence-electron chi connectivity index (χ4n) is 2.73. The monoisotopic (exact) mass is 407 g/mol. The second-order valence-corrected chi connectivity index (χ2v) is 13.4. The number of phenols is 2. The van der Waals surface area contributed by atoms with E-state index in [1.807, 2.05) is 6.92 Å². The van der Waals surface area contributed by atoms with E-state index in [-0.39, 0.29) is 35.2 Å². The van der Waals surface area contributed by atoms with Crippen molar-refractivity contribution in [2.45, 2.75) is 58.5 Å². The number of hydrogen-bond acceptors (Lipinski definition) is 6. The number of β-lactam (4-membered cyclic amide) rings is 1. The third-order valence-electron chi connectivity index (χ3n) is 5.26. The van der Waals surface area contributed by atoms with E-state index in [9.17, 15) is 19.8 Å². The molecular formula is C20H29NO6Si. The molecule has 154 valence electrons. The average molecular weight is 408 g/mol. The zero-order valence-electron chi connectivity index (χ0n) is 17.2. The average Bonchev–Trinajstić information content (AvgIpc) is 2.49. The second kappa shape index (κ2) is 7.96. The predicted octanol–water partition coefficient (Wildman–Crippen LogP) is 3.18. The molecule has 1 fully saturated rings. The van der Waals surface area contributed by atoms with Gasteiger partial charge in [0, 0.05) is 17.8 Å². The number of esters is 1. The molecule has 1 saturated heterocycles. The lowest BCUT2D eigenvalue weighted by atomic mass is 9.91. The Morgan fingerprint density at radius 1 is 1.25 bits per heavy atom. The van der Waals surface area contributed by atoms with E-state index < -0.39 is 20.2 Å². The first kappa shape index (κ1) is 22.0. The van der Waals surface area contributed by atoms with Crippen LogP contribution in [0, 0.1) is 5.92 Å². The smallest absolute Gasteiger partial charge is 0.332 e. The maximum Gasteiger partial charge on any atom is 0.332 e. The molecule has 0 spiro atoms. The van der Waals surface area contributed by atoms with Crippen molar-refractivity contribution in [1.29, 1.82) is 0 Å². The number of aromatic hydroxyl groups is 2. The van der Waals surface area contributed by atoms with Gasteiger partial charge in [0.1, 0.15) is 24.0 Å². The molecule has 1 heterocycles. The molecular weight excluding hydrogens is 378 g/mol. The van der Waals surface area contributed by atoms with Gasteiger partial charge in [-0.3, -0.25) is 4.79 Å². The minimum atomic E-state index is -2.05. The molecule has 0 aromatic heterocycles. The molecule has 0 radical (unpaired) electrons. The van der Waals surface area contributed by atoms with Gasteiger partial charge in [-0.1, -0.05) is 20.8 Å². The topological polar surface area (TPSA) is 105 Å². The van der Waals surface area contributed by atoms with Gasteiger partial charge in [0.25, 0.3) is 0 Å². The van der Waals surface area contributed by atoms with Crippen molar-refractivity contribution in [3.63, 3.8) is 0 Å². The maximum absolute atomic E-state index is 12.1. The summed E-state index contributed by atoms with van der Waals surface area (Å²) >= 11 is 0. The molecule has 0 aliphatic carbocycles. The molecule has 0 bridgehead atoms. The van der Waals surface area contributed by atoms with Crippen LogP contribution in [0.25, 0.3) is 0 Å². The normalized spacial score (nSPS) is 19.7. The van der Waals surface area contributed by atoms with Gasteiger partial charge in [-0.05, 0) is 42.8 Å². The van der Waals surface area contributed by atoms with E-state index in [1.165, 1.54) is 24.3 Å². The fraction of sp³-hybridized carbons (Fsp3) is 0.500. The number of carbonyl (C=O) groups is 2. The van der Waals surface area contributed by atoms with Crippen molar-refractivity contribution in [3.05, 3.63) is 35.5 Å². The van der Waals surface area contributed by atoms with Crippen molar-refractivity contribution in [2.24, 2.45) is 5.92 Å². The number of benzene rings is 1. The molecule has 8 heteroatoms. The summed E-state index contributed by atoms with van der Waals surface area (Å²) in [5.74, 6) is -1.56. The predicted molar refractivity (Wildman–Crippen MR) is 107 cm³/mol. The van der Waals surface area contributed by atoms with Gasteiger partial charge >= 0.3 is 5.97 Å². The zero-order chi connectivity index (χ0) is 21.3. The van der Waals surface area contributed by atoms with Crippen molar-refractivity contribution in [3.8, 4) is 11.5 Å². The van der Waals surface area contributed by atoms with Crippen LogP contribution >= 0.6 is 0 Å². The molecule has 1 aromatic carbocycles. The first-order valence-corrected chi connectivity index (χ1v) is 12.1. The molecule has 1 aliphatic heterocycles. The van der Waals surface area contributed by atoms with E-state index >= 15 is 0 Å². The quantitative estimate of drug-likeness (QED) is 0.289. The number of hydrogen-bond donors (Lipinski definition) is 3. The molecule has 7 nitrogen and oxygen atoms in total. The summed E-state index contributed by atoms with van der Waals surface area (Å²) in [5, 5.41) is 21.5. The Hall–Kier alpha value is -2.32. The first-order chi connectivity index (χ1) is 12.8. The lowest BCUT2D eigenvalue weighted by Gasteiger charge is -2.42. The summed E-state index contributed by atoms with van der Waals surface area (Å²) in [6.07, 6.45) is 0.900. The van der Waals surface area contributed by atoms with E-state index in [4.69, 9.17) is 9.16 Å². The number of carbonyl (C=O) groups excluding carboxylic acids is 2. The largest absolute Gasteiger partial charge is 0.508 e. The van der Waals surface area contributed by atoms with Gasteiger partial charge in [0.2, 0.25) is 5.91 Å². The van der Waals surface area contributed by atoms with Gasteiger partial charge in [0.05, 0.1) is 6.10 Å². The van der Waals surface area contributed by atoms with Crippen LogP contribution in [0.4, 0.5) is 0 Å². The highest BCUT2D eigenvalue weighted by molar-refractivity contribution is 6.74. The summed E-state index contributed by atoms with van der Waals surface area (Å²) in [6.45, 7) is 12.3. The highest BCUT2D eigenvalue weighted by Gasteiger charge is 2.45. The highest BCUT2D eigenvalue weighted by atomic mass is 28.4. The van der Waals surface area contributed by atoms with Crippen molar-refractivity contribution in [1.82, 2.24) is 5.32 Å².